The maximum absolute atomic E-state index is 12.3. The van der Waals surface area contributed by atoms with Crippen molar-refractivity contribution in [3.8, 4) is 0 Å². The van der Waals surface area contributed by atoms with Gasteiger partial charge in [-0.25, -0.2) is 4.68 Å². The Labute approximate surface area is 136 Å². The first kappa shape index (κ1) is 17.1. The van der Waals surface area contributed by atoms with Crippen molar-refractivity contribution >= 4 is 5.91 Å². The molecule has 0 fully saturated rings. The number of hydrogen-bond acceptors (Lipinski definition) is 4. The van der Waals surface area contributed by atoms with Gasteiger partial charge in [0.1, 0.15) is 0 Å². The van der Waals surface area contributed by atoms with Gasteiger partial charge in [0.2, 0.25) is 0 Å². The summed E-state index contributed by atoms with van der Waals surface area (Å²) >= 11 is 0. The molecule has 1 amide bonds. The quantitative estimate of drug-likeness (QED) is 0.779. The van der Waals surface area contributed by atoms with Crippen molar-refractivity contribution in [2.75, 3.05) is 6.61 Å². The summed E-state index contributed by atoms with van der Waals surface area (Å²) in [5.41, 5.74) is 1.42. The van der Waals surface area contributed by atoms with Gasteiger partial charge in [0.15, 0.2) is 5.69 Å². The molecule has 6 heteroatoms. The number of hydrogen-bond donors (Lipinski definition) is 2. The molecule has 2 aromatic rings. The Kier molecular flexibility index (Phi) is 6.29. The predicted octanol–water partition coefficient (Wildman–Crippen LogP) is 1.85. The summed E-state index contributed by atoms with van der Waals surface area (Å²) in [5, 5.41) is 20.1. The van der Waals surface area contributed by atoms with Gasteiger partial charge in [-0.2, -0.15) is 0 Å². The van der Waals surface area contributed by atoms with Gasteiger partial charge in [-0.3, -0.25) is 4.79 Å². The Balaban J connectivity index is 1.95. The average Bonchev–Trinajstić information content (AvgIpc) is 3.03. The van der Waals surface area contributed by atoms with E-state index in [-0.39, 0.29) is 24.5 Å². The summed E-state index contributed by atoms with van der Waals surface area (Å²) in [5.74, 6) is -0.0599. The molecule has 2 rings (SSSR count). The molecule has 0 saturated carbocycles. The van der Waals surface area contributed by atoms with Crippen LogP contribution in [-0.4, -0.2) is 38.7 Å². The second kappa shape index (κ2) is 8.43. The zero-order valence-corrected chi connectivity index (χ0v) is 13.6. The zero-order chi connectivity index (χ0) is 16.7. The van der Waals surface area contributed by atoms with Crippen LogP contribution in [0.2, 0.25) is 0 Å². The minimum atomic E-state index is -0.221. The van der Waals surface area contributed by atoms with E-state index in [0.29, 0.717) is 12.2 Å². The highest BCUT2D eigenvalue weighted by atomic mass is 16.3. The number of aliphatic hydroxyl groups excluding tert-OH is 1. The van der Waals surface area contributed by atoms with Crippen LogP contribution in [-0.2, 0) is 6.54 Å². The largest absolute Gasteiger partial charge is 0.396 e. The summed E-state index contributed by atoms with van der Waals surface area (Å²) in [4.78, 5) is 12.3. The maximum Gasteiger partial charge on any atom is 0.273 e. The first-order chi connectivity index (χ1) is 11.1. The number of amides is 1. The maximum atomic E-state index is 12.3. The van der Waals surface area contributed by atoms with Crippen molar-refractivity contribution < 1.29 is 9.90 Å². The number of benzene rings is 1. The zero-order valence-electron chi connectivity index (χ0n) is 13.6. The highest BCUT2D eigenvalue weighted by molar-refractivity contribution is 5.92. The summed E-state index contributed by atoms with van der Waals surface area (Å²) < 4.78 is 1.65. The molecule has 23 heavy (non-hydrogen) atoms. The fraction of sp³-hybridized carbons (Fsp3) is 0.471. The monoisotopic (exact) mass is 316 g/mol. The molecule has 0 radical (unpaired) electrons. The lowest BCUT2D eigenvalue weighted by Crippen LogP contribution is -2.36. The normalized spacial score (nSPS) is 13.5. The van der Waals surface area contributed by atoms with Gasteiger partial charge in [-0.05, 0) is 24.3 Å². The molecule has 0 bridgehead atoms. The van der Waals surface area contributed by atoms with Crippen molar-refractivity contribution in [2.24, 2.45) is 5.92 Å². The number of aromatic nitrogens is 3. The third kappa shape index (κ3) is 5.17. The van der Waals surface area contributed by atoms with Crippen LogP contribution < -0.4 is 5.32 Å². The average molecular weight is 316 g/mol. The van der Waals surface area contributed by atoms with Crippen LogP contribution in [0, 0.1) is 5.92 Å². The fourth-order valence-corrected chi connectivity index (χ4v) is 2.40. The third-order valence-electron chi connectivity index (χ3n) is 3.79. The molecule has 0 unspecified atom stereocenters. The summed E-state index contributed by atoms with van der Waals surface area (Å²) in [6.45, 7) is 4.69. The van der Waals surface area contributed by atoms with Crippen LogP contribution in [0.4, 0.5) is 0 Å². The number of nitrogens with zero attached hydrogens (tertiary/aromatic N) is 3. The Morgan fingerprint density at radius 3 is 2.74 bits per heavy atom. The number of carbonyl (C=O) groups excluding carboxylic acids is 1. The van der Waals surface area contributed by atoms with Crippen molar-refractivity contribution in [1.29, 1.82) is 0 Å². The molecule has 1 aromatic heterocycles. The van der Waals surface area contributed by atoms with Crippen molar-refractivity contribution in [2.45, 2.75) is 39.3 Å². The van der Waals surface area contributed by atoms with Gasteiger partial charge >= 0.3 is 0 Å². The Morgan fingerprint density at radius 2 is 2.09 bits per heavy atom. The van der Waals surface area contributed by atoms with E-state index in [0.717, 1.165) is 18.4 Å². The molecule has 124 valence electrons. The van der Waals surface area contributed by atoms with Gasteiger partial charge in [-0.15, -0.1) is 5.10 Å². The minimum Gasteiger partial charge on any atom is -0.396 e. The van der Waals surface area contributed by atoms with Gasteiger partial charge < -0.3 is 10.4 Å². The minimum absolute atomic E-state index is 0.0314. The number of carbonyl (C=O) groups is 1. The van der Waals surface area contributed by atoms with Gasteiger partial charge in [0.05, 0.1) is 12.7 Å². The first-order valence-corrected chi connectivity index (χ1v) is 7.98. The van der Waals surface area contributed by atoms with Crippen LogP contribution in [0.1, 0.15) is 42.7 Å². The summed E-state index contributed by atoms with van der Waals surface area (Å²) in [6.07, 6.45) is 3.22. The van der Waals surface area contributed by atoms with E-state index in [9.17, 15) is 4.79 Å². The lowest BCUT2D eigenvalue weighted by Gasteiger charge is -2.19. The number of rotatable bonds is 8. The highest BCUT2D eigenvalue weighted by Crippen LogP contribution is 2.09. The topological polar surface area (TPSA) is 80.0 Å². The molecule has 0 saturated heterocycles. The van der Waals surface area contributed by atoms with Crippen LogP contribution in [0.3, 0.4) is 0 Å². The molecule has 2 N–H and O–H groups in total. The highest BCUT2D eigenvalue weighted by Gasteiger charge is 2.17. The van der Waals surface area contributed by atoms with Crippen LogP contribution >= 0.6 is 0 Å². The van der Waals surface area contributed by atoms with E-state index in [2.05, 4.69) is 15.6 Å². The molecular formula is C17H24N4O2. The standard InChI is InChI=1S/C17H24N4O2/c1-3-15(9-13(2)12-22)18-17(23)16-11-21(20-19-16)10-14-7-5-4-6-8-14/h4-8,11,13,15,22H,3,9-10,12H2,1-2H3,(H,18,23)/t13-,15+/m0/s1. The van der Waals surface area contributed by atoms with E-state index < -0.39 is 0 Å². The van der Waals surface area contributed by atoms with Gasteiger partial charge in [0.25, 0.3) is 5.91 Å². The molecule has 1 aromatic carbocycles. The van der Waals surface area contributed by atoms with E-state index in [1.54, 1.807) is 10.9 Å². The van der Waals surface area contributed by atoms with Crippen molar-refractivity contribution in [3.05, 3.63) is 47.8 Å². The second-order valence-corrected chi connectivity index (χ2v) is 5.89. The van der Waals surface area contributed by atoms with Crippen LogP contribution in [0.5, 0.6) is 0 Å². The smallest absolute Gasteiger partial charge is 0.273 e. The summed E-state index contributed by atoms with van der Waals surface area (Å²) in [6, 6.07) is 9.93. The molecule has 2 atom stereocenters. The van der Waals surface area contributed by atoms with Gasteiger partial charge in [-0.1, -0.05) is 49.4 Å². The molecule has 1 heterocycles. The lowest BCUT2D eigenvalue weighted by atomic mass is 10.0. The van der Waals surface area contributed by atoms with Crippen molar-refractivity contribution in [1.82, 2.24) is 20.3 Å². The fourth-order valence-electron chi connectivity index (χ4n) is 2.40. The Morgan fingerprint density at radius 1 is 1.35 bits per heavy atom. The SMILES string of the molecule is CC[C@H](C[C@H](C)CO)NC(=O)c1cn(Cc2ccccc2)nn1. The number of aliphatic hydroxyl groups is 1. The molecular weight excluding hydrogens is 292 g/mol. The predicted molar refractivity (Wildman–Crippen MR) is 88.0 cm³/mol. The van der Waals surface area contributed by atoms with E-state index in [1.807, 2.05) is 44.2 Å². The second-order valence-electron chi connectivity index (χ2n) is 5.89. The van der Waals surface area contributed by atoms with E-state index in [1.165, 1.54) is 0 Å². The first-order valence-electron chi connectivity index (χ1n) is 7.98. The molecule has 0 spiro atoms. The third-order valence-corrected chi connectivity index (χ3v) is 3.79. The lowest BCUT2D eigenvalue weighted by molar-refractivity contribution is 0.0920. The molecule has 6 nitrogen and oxygen atoms in total. The van der Waals surface area contributed by atoms with E-state index in [4.69, 9.17) is 5.11 Å². The summed E-state index contributed by atoms with van der Waals surface area (Å²) in [7, 11) is 0. The van der Waals surface area contributed by atoms with Crippen LogP contribution in [0.15, 0.2) is 36.5 Å². The molecule has 0 aliphatic rings. The molecule has 0 aliphatic carbocycles. The van der Waals surface area contributed by atoms with E-state index >= 15 is 0 Å². The van der Waals surface area contributed by atoms with Gasteiger partial charge in [0, 0.05) is 12.6 Å². The molecule has 0 aliphatic heterocycles. The van der Waals surface area contributed by atoms with Crippen molar-refractivity contribution in [3.63, 3.8) is 0 Å². The Hall–Kier alpha value is -2.21. The Bertz CT molecular complexity index is 612. The number of nitrogens with one attached hydrogen (secondary N) is 1. The van der Waals surface area contributed by atoms with Crippen LogP contribution in [0.25, 0.3) is 0 Å².